The first-order valence-corrected chi connectivity index (χ1v) is 8.54. The van der Waals surface area contributed by atoms with Crippen LogP contribution >= 0.6 is 0 Å². The van der Waals surface area contributed by atoms with E-state index in [1.807, 2.05) is 36.4 Å². The second kappa shape index (κ2) is 8.02. The van der Waals surface area contributed by atoms with Gasteiger partial charge in [-0.25, -0.2) is 0 Å². The lowest BCUT2D eigenvalue weighted by Crippen LogP contribution is -2.35. The molecule has 2 aromatic rings. The van der Waals surface area contributed by atoms with Gasteiger partial charge in [0.05, 0.1) is 0 Å². The number of nitrogens with zero attached hydrogens (tertiary/aromatic N) is 1. The van der Waals surface area contributed by atoms with Gasteiger partial charge in [0.2, 0.25) is 0 Å². The maximum absolute atomic E-state index is 5.80. The van der Waals surface area contributed by atoms with Gasteiger partial charge in [-0.15, -0.1) is 0 Å². The van der Waals surface area contributed by atoms with Crippen LogP contribution in [0.15, 0.2) is 48.5 Å². The molecule has 1 saturated heterocycles. The molecular formula is C20H25N2O. The summed E-state index contributed by atoms with van der Waals surface area (Å²) in [4.78, 5) is 2.53. The van der Waals surface area contributed by atoms with Crippen LogP contribution < -0.4 is 10.1 Å². The Kier molecular flexibility index (Phi) is 5.54. The summed E-state index contributed by atoms with van der Waals surface area (Å²) in [5.74, 6) is 2.49. The van der Waals surface area contributed by atoms with E-state index in [-0.39, 0.29) is 0 Å². The second-order valence-electron chi connectivity index (χ2n) is 6.12. The standard InChI is InChI=1S/C20H25N2O/c1-2-22-14-12-17(13-15-22)16-21-18-8-10-20(11-9-18)23-19-6-4-3-5-7-19/h4-11,17,21H,2,12-16H2,1H3. The molecule has 0 aliphatic carbocycles. The van der Waals surface area contributed by atoms with Crippen molar-refractivity contribution in [3.63, 3.8) is 0 Å². The van der Waals surface area contributed by atoms with E-state index >= 15 is 0 Å². The van der Waals surface area contributed by atoms with Crippen molar-refractivity contribution in [2.45, 2.75) is 19.8 Å². The molecule has 121 valence electrons. The lowest BCUT2D eigenvalue weighted by Gasteiger charge is -2.31. The van der Waals surface area contributed by atoms with Crippen LogP contribution in [0.5, 0.6) is 11.5 Å². The molecule has 1 N–H and O–H groups in total. The topological polar surface area (TPSA) is 24.5 Å². The van der Waals surface area contributed by atoms with Crippen molar-refractivity contribution in [3.05, 3.63) is 54.6 Å². The summed E-state index contributed by atoms with van der Waals surface area (Å²) in [6.07, 6.45) is 2.60. The SMILES string of the molecule is CCN1CCC(CNc2ccc(Oc3cc[c]cc3)cc2)CC1. The monoisotopic (exact) mass is 309 g/mol. The Morgan fingerprint density at radius 1 is 1.04 bits per heavy atom. The van der Waals surface area contributed by atoms with E-state index in [1.165, 1.54) is 32.5 Å². The summed E-state index contributed by atoms with van der Waals surface area (Å²) in [5.41, 5.74) is 1.16. The summed E-state index contributed by atoms with van der Waals surface area (Å²) in [7, 11) is 0. The van der Waals surface area contributed by atoms with Crippen molar-refractivity contribution in [2.24, 2.45) is 5.92 Å². The summed E-state index contributed by atoms with van der Waals surface area (Å²) >= 11 is 0. The van der Waals surface area contributed by atoms with Gasteiger partial charge in [-0.1, -0.05) is 19.1 Å². The van der Waals surface area contributed by atoms with Gasteiger partial charge >= 0.3 is 0 Å². The molecule has 0 saturated carbocycles. The van der Waals surface area contributed by atoms with Gasteiger partial charge in [-0.3, -0.25) is 0 Å². The number of benzene rings is 2. The molecule has 0 amide bonds. The lowest BCUT2D eigenvalue weighted by molar-refractivity contribution is 0.198. The first kappa shape index (κ1) is 15.9. The maximum Gasteiger partial charge on any atom is 0.127 e. The zero-order chi connectivity index (χ0) is 15.9. The second-order valence-corrected chi connectivity index (χ2v) is 6.12. The number of piperidine rings is 1. The van der Waals surface area contributed by atoms with E-state index in [0.29, 0.717) is 0 Å². The Balaban J connectivity index is 1.46. The van der Waals surface area contributed by atoms with Crippen molar-refractivity contribution in [1.82, 2.24) is 4.90 Å². The van der Waals surface area contributed by atoms with E-state index in [9.17, 15) is 0 Å². The average molecular weight is 309 g/mol. The number of rotatable bonds is 6. The van der Waals surface area contributed by atoms with E-state index < -0.39 is 0 Å². The quantitative estimate of drug-likeness (QED) is 0.854. The summed E-state index contributed by atoms with van der Waals surface area (Å²) in [5, 5.41) is 3.56. The van der Waals surface area contributed by atoms with Crippen molar-refractivity contribution in [2.75, 3.05) is 31.5 Å². The van der Waals surface area contributed by atoms with E-state index in [0.717, 1.165) is 29.6 Å². The molecule has 1 radical (unpaired) electrons. The summed E-state index contributed by atoms with van der Waals surface area (Å²) in [6.45, 7) is 6.97. The van der Waals surface area contributed by atoms with Crippen LogP contribution in [0.4, 0.5) is 5.69 Å². The zero-order valence-corrected chi connectivity index (χ0v) is 13.8. The number of hydrogen-bond acceptors (Lipinski definition) is 3. The molecule has 1 aliphatic rings. The molecule has 3 heteroatoms. The van der Waals surface area contributed by atoms with E-state index in [1.54, 1.807) is 0 Å². The number of anilines is 1. The highest BCUT2D eigenvalue weighted by molar-refractivity contribution is 5.47. The molecular weight excluding hydrogens is 284 g/mol. The molecule has 1 heterocycles. The maximum atomic E-state index is 5.80. The van der Waals surface area contributed by atoms with Gasteiger partial charge in [0.15, 0.2) is 0 Å². The normalized spacial score (nSPS) is 16.2. The average Bonchev–Trinajstić information content (AvgIpc) is 2.62. The highest BCUT2D eigenvalue weighted by atomic mass is 16.5. The highest BCUT2D eigenvalue weighted by Gasteiger charge is 2.17. The van der Waals surface area contributed by atoms with Crippen LogP contribution in [0.25, 0.3) is 0 Å². The van der Waals surface area contributed by atoms with Gasteiger partial charge in [0.1, 0.15) is 11.5 Å². The van der Waals surface area contributed by atoms with Crippen molar-refractivity contribution in [3.8, 4) is 11.5 Å². The van der Waals surface area contributed by atoms with Crippen molar-refractivity contribution >= 4 is 5.69 Å². The van der Waals surface area contributed by atoms with Crippen molar-refractivity contribution in [1.29, 1.82) is 0 Å². The smallest absolute Gasteiger partial charge is 0.127 e. The van der Waals surface area contributed by atoms with Crippen LogP contribution in [-0.4, -0.2) is 31.1 Å². The molecule has 0 bridgehead atoms. The zero-order valence-electron chi connectivity index (χ0n) is 13.8. The third-order valence-electron chi connectivity index (χ3n) is 4.53. The molecule has 0 spiro atoms. The number of ether oxygens (including phenoxy) is 1. The fourth-order valence-electron chi connectivity index (χ4n) is 2.99. The minimum absolute atomic E-state index is 0.786. The lowest BCUT2D eigenvalue weighted by atomic mass is 9.97. The fourth-order valence-corrected chi connectivity index (χ4v) is 2.99. The molecule has 23 heavy (non-hydrogen) atoms. The molecule has 0 atom stereocenters. The van der Waals surface area contributed by atoms with Crippen LogP contribution in [0.2, 0.25) is 0 Å². The minimum atomic E-state index is 0.786. The number of likely N-dealkylation sites (tertiary alicyclic amines) is 1. The largest absolute Gasteiger partial charge is 0.457 e. The van der Waals surface area contributed by atoms with Gasteiger partial charge in [-0.05, 0) is 80.9 Å². The van der Waals surface area contributed by atoms with Crippen LogP contribution in [0, 0.1) is 12.0 Å². The third kappa shape index (κ3) is 4.73. The van der Waals surface area contributed by atoms with Crippen molar-refractivity contribution < 1.29 is 4.74 Å². The molecule has 3 nitrogen and oxygen atoms in total. The minimum Gasteiger partial charge on any atom is -0.457 e. The first-order chi connectivity index (χ1) is 11.3. The van der Waals surface area contributed by atoms with E-state index in [2.05, 4.69) is 35.3 Å². The predicted molar refractivity (Wildman–Crippen MR) is 95.1 cm³/mol. The Labute approximate surface area is 139 Å². The molecule has 1 fully saturated rings. The van der Waals surface area contributed by atoms with Gasteiger partial charge in [-0.2, -0.15) is 0 Å². The van der Waals surface area contributed by atoms with Gasteiger partial charge in [0.25, 0.3) is 0 Å². The van der Waals surface area contributed by atoms with Crippen LogP contribution in [0.3, 0.4) is 0 Å². The first-order valence-electron chi connectivity index (χ1n) is 8.54. The van der Waals surface area contributed by atoms with Crippen LogP contribution in [0.1, 0.15) is 19.8 Å². The van der Waals surface area contributed by atoms with E-state index in [4.69, 9.17) is 4.74 Å². The summed E-state index contributed by atoms with van der Waals surface area (Å²) in [6, 6.07) is 18.7. The summed E-state index contributed by atoms with van der Waals surface area (Å²) < 4.78 is 5.80. The fraction of sp³-hybridized carbons (Fsp3) is 0.400. The number of nitrogens with one attached hydrogen (secondary N) is 1. The molecule has 1 aliphatic heterocycles. The van der Waals surface area contributed by atoms with Gasteiger partial charge in [0, 0.05) is 12.2 Å². The molecule has 2 aromatic carbocycles. The molecule has 0 unspecified atom stereocenters. The molecule has 0 aromatic heterocycles. The van der Waals surface area contributed by atoms with Gasteiger partial charge < -0.3 is 15.0 Å². The number of hydrogen-bond donors (Lipinski definition) is 1. The highest BCUT2D eigenvalue weighted by Crippen LogP contribution is 2.23. The Bertz CT molecular complexity index is 574. The third-order valence-corrected chi connectivity index (χ3v) is 4.53. The van der Waals surface area contributed by atoms with Crippen LogP contribution in [-0.2, 0) is 0 Å². The molecule has 3 rings (SSSR count). The predicted octanol–water partition coefficient (Wildman–Crippen LogP) is 4.42. The Hall–Kier alpha value is -2.00. The Morgan fingerprint density at radius 2 is 1.70 bits per heavy atom. The Morgan fingerprint density at radius 3 is 2.35 bits per heavy atom.